The second-order valence-corrected chi connectivity index (χ2v) is 4.60. The standard InChI is InChI=1S/C13H21N5O2/c1-17(20-2)13(19)11-4-3-10(9-14)16-12(11)18-7-5-15-6-8-18/h3-4,15H,5-9,14H2,1-2H3. The van der Waals surface area contributed by atoms with Crippen LogP contribution < -0.4 is 16.0 Å². The van der Waals surface area contributed by atoms with Crippen LogP contribution in [0.5, 0.6) is 0 Å². The predicted molar refractivity (Wildman–Crippen MR) is 76.3 cm³/mol. The third-order valence-electron chi connectivity index (χ3n) is 3.35. The van der Waals surface area contributed by atoms with Gasteiger partial charge in [-0.05, 0) is 12.1 Å². The molecule has 20 heavy (non-hydrogen) atoms. The Morgan fingerprint density at radius 2 is 2.20 bits per heavy atom. The number of nitrogens with one attached hydrogen (secondary N) is 1. The average Bonchev–Trinajstić information content (AvgIpc) is 2.53. The summed E-state index contributed by atoms with van der Waals surface area (Å²) in [6, 6.07) is 3.55. The quantitative estimate of drug-likeness (QED) is 0.729. The van der Waals surface area contributed by atoms with Crippen LogP contribution in [0.3, 0.4) is 0 Å². The molecule has 7 heteroatoms. The molecule has 0 aromatic carbocycles. The maximum Gasteiger partial charge on any atom is 0.280 e. The summed E-state index contributed by atoms with van der Waals surface area (Å²) in [4.78, 5) is 23.9. The minimum absolute atomic E-state index is 0.211. The van der Waals surface area contributed by atoms with Gasteiger partial charge in [-0.15, -0.1) is 0 Å². The van der Waals surface area contributed by atoms with E-state index in [0.29, 0.717) is 17.9 Å². The van der Waals surface area contributed by atoms with Crippen molar-refractivity contribution < 1.29 is 9.63 Å². The zero-order chi connectivity index (χ0) is 14.5. The predicted octanol–water partition coefficient (Wildman–Crippen LogP) is -0.417. The first-order valence-corrected chi connectivity index (χ1v) is 6.65. The number of carbonyl (C=O) groups excluding carboxylic acids is 1. The maximum absolute atomic E-state index is 12.3. The first kappa shape index (κ1) is 14.7. The van der Waals surface area contributed by atoms with Crippen molar-refractivity contribution in [2.45, 2.75) is 6.54 Å². The van der Waals surface area contributed by atoms with E-state index in [-0.39, 0.29) is 5.91 Å². The molecule has 0 aliphatic carbocycles. The van der Waals surface area contributed by atoms with Gasteiger partial charge in [0.2, 0.25) is 0 Å². The Labute approximate surface area is 118 Å². The van der Waals surface area contributed by atoms with Crippen LogP contribution in [0.4, 0.5) is 5.82 Å². The molecule has 0 radical (unpaired) electrons. The molecular weight excluding hydrogens is 258 g/mol. The summed E-state index contributed by atoms with van der Waals surface area (Å²) in [7, 11) is 3.05. The van der Waals surface area contributed by atoms with E-state index < -0.39 is 0 Å². The molecule has 1 saturated heterocycles. The number of nitrogens with zero attached hydrogens (tertiary/aromatic N) is 3. The minimum atomic E-state index is -0.211. The number of hydrogen-bond donors (Lipinski definition) is 2. The fraction of sp³-hybridized carbons (Fsp3) is 0.538. The van der Waals surface area contributed by atoms with Crippen LogP contribution in [0.15, 0.2) is 12.1 Å². The van der Waals surface area contributed by atoms with Crippen molar-refractivity contribution in [3.8, 4) is 0 Å². The highest BCUT2D eigenvalue weighted by atomic mass is 16.7. The Hall–Kier alpha value is -1.70. The van der Waals surface area contributed by atoms with Crippen LogP contribution in [0.25, 0.3) is 0 Å². The topological polar surface area (TPSA) is 83.7 Å². The third kappa shape index (κ3) is 3.06. The molecule has 3 N–H and O–H groups in total. The van der Waals surface area contributed by atoms with Crippen LogP contribution in [-0.2, 0) is 11.4 Å². The van der Waals surface area contributed by atoms with Gasteiger partial charge >= 0.3 is 0 Å². The zero-order valence-corrected chi connectivity index (χ0v) is 11.9. The molecule has 2 rings (SSSR count). The van der Waals surface area contributed by atoms with Gasteiger partial charge in [-0.3, -0.25) is 9.63 Å². The smallest absolute Gasteiger partial charge is 0.280 e. The van der Waals surface area contributed by atoms with Crippen LogP contribution in [0.1, 0.15) is 16.1 Å². The summed E-state index contributed by atoms with van der Waals surface area (Å²) in [6.07, 6.45) is 0. The lowest BCUT2D eigenvalue weighted by molar-refractivity contribution is -0.0756. The van der Waals surface area contributed by atoms with Crippen LogP contribution in [0, 0.1) is 0 Å². The average molecular weight is 279 g/mol. The molecule has 1 aliphatic heterocycles. The molecule has 110 valence electrons. The highest BCUT2D eigenvalue weighted by Crippen LogP contribution is 2.20. The molecular formula is C13H21N5O2. The molecule has 0 bridgehead atoms. The summed E-state index contributed by atoms with van der Waals surface area (Å²) < 4.78 is 0. The number of hydrogen-bond acceptors (Lipinski definition) is 6. The SMILES string of the molecule is CON(C)C(=O)c1ccc(CN)nc1N1CCNCC1. The van der Waals surface area contributed by atoms with Gasteiger partial charge in [0.25, 0.3) is 5.91 Å². The Bertz CT molecular complexity index is 474. The van der Waals surface area contributed by atoms with Crippen molar-refractivity contribution in [1.29, 1.82) is 0 Å². The van der Waals surface area contributed by atoms with Crippen molar-refractivity contribution in [3.05, 3.63) is 23.4 Å². The van der Waals surface area contributed by atoms with E-state index >= 15 is 0 Å². The molecule has 1 aromatic heterocycles. The maximum atomic E-state index is 12.3. The molecule has 7 nitrogen and oxygen atoms in total. The van der Waals surface area contributed by atoms with Crippen LogP contribution in [-0.4, -0.2) is 56.3 Å². The van der Waals surface area contributed by atoms with Gasteiger partial charge in [0.05, 0.1) is 18.4 Å². The Morgan fingerprint density at radius 1 is 1.50 bits per heavy atom. The van der Waals surface area contributed by atoms with Gasteiger partial charge in [0.1, 0.15) is 5.82 Å². The highest BCUT2D eigenvalue weighted by Gasteiger charge is 2.22. The normalized spacial score (nSPS) is 15.2. The molecule has 1 fully saturated rings. The second kappa shape index (κ2) is 6.65. The molecule has 0 atom stereocenters. The third-order valence-corrected chi connectivity index (χ3v) is 3.35. The van der Waals surface area contributed by atoms with Crippen molar-refractivity contribution in [2.75, 3.05) is 45.2 Å². The molecule has 0 unspecified atom stereocenters. The monoisotopic (exact) mass is 279 g/mol. The number of carbonyl (C=O) groups is 1. The summed E-state index contributed by atoms with van der Waals surface area (Å²) in [5.41, 5.74) is 6.96. The number of nitrogens with two attached hydrogens (primary N) is 1. The number of hydroxylamine groups is 2. The number of piperazine rings is 1. The lowest BCUT2D eigenvalue weighted by Gasteiger charge is -2.30. The van der Waals surface area contributed by atoms with E-state index in [1.807, 2.05) is 0 Å². The van der Waals surface area contributed by atoms with Gasteiger partial charge in [0, 0.05) is 39.8 Å². The number of pyridine rings is 1. The Balaban J connectivity index is 2.36. The van der Waals surface area contributed by atoms with Gasteiger partial charge in [-0.25, -0.2) is 10.0 Å². The summed E-state index contributed by atoms with van der Waals surface area (Å²) in [5, 5.41) is 4.48. The fourth-order valence-corrected chi connectivity index (χ4v) is 2.14. The summed E-state index contributed by atoms with van der Waals surface area (Å²) in [5.74, 6) is 0.473. The molecule has 1 aliphatic rings. The van der Waals surface area contributed by atoms with E-state index in [1.54, 1.807) is 19.2 Å². The zero-order valence-electron chi connectivity index (χ0n) is 11.9. The van der Waals surface area contributed by atoms with E-state index in [0.717, 1.165) is 31.9 Å². The van der Waals surface area contributed by atoms with E-state index in [1.165, 1.54) is 12.2 Å². The second-order valence-electron chi connectivity index (χ2n) is 4.60. The van der Waals surface area contributed by atoms with Crippen molar-refractivity contribution in [3.63, 3.8) is 0 Å². The number of rotatable bonds is 4. The molecule has 0 saturated carbocycles. The lowest BCUT2D eigenvalue weighted by Crippen LogP contribution is -2.45. The van der Waals surface area contributed by atoms with Crippen molar-refractivity contribution >= 4 is 11.7 Å². The highest BCUT2D eigenvalue weighted by molar-refractivity contribution is 5.98. The van der Waals surface area contributed by atoms with Gasteiger partial charge in [-0.2, -0.15) is 0 Å². The summed E-state index contributed by atoms with van der Waals surface area (Å²) >= 11 is 0. The summed E-state index contributed by atoms with van der Waals surface area (Å²) in [6.45, 7) is 3.74. The fourth-order valence-electron chi connectivity index (χ4n) is 2.14. The molecule has 1 amide bonds. The first-order chi connectivity index (χ1) is 9.67. The van der Waals surface area contributed by atoms with Crippen LogP contribution in [0.2, 0.25) is 0 Å². The number of aromatic nitrogens is 1. The molecule has 0 spiro atoms. The van der Waals surface area contributed by atoms with E-state index in [2.05, 4.69) is 15.2 Å². The Morgan fingerprint density at radius 3 is 2.80 bits per heavy atom. The number of amides is 1. The van der Waals surface area contributed by atoms with Gasteiger partial charge in [-0.1, -0.05) is 0 Å². The molecule has 1 aromatic rings. The van der Waals surface area contributed by atoms with E-state index in [9.17, 15) is 4.79 Å². The molecule has 2 heterocycles. The lowest BCUT2D eigenvalue weighted by atomic mass is 10.2. The van der Waals surface area contributed by atoms with Gasteiger partial charge < -0.3 is 16.0 Å². The van der Waals surface area contributed by atoms with Crippen LogP contribution >= 0.6 is 0 Å². The van der Waals surface area contributed by atoms with Crippen molar-refractivity contribution in [1.82, 2.24) is 15.4 Å². The first-order valence-electron chi connectivity index (χ1n) is 6.65. The van der Waals surface area contributed by atoms with Crippen molar-refractivity contribution in [2.24, 2.45) is 5.73 Å². The number of anilines is 1. The Kier molecular flexibility index (Phi) is 4.89. The minimum Gasteiger partial charge on any atom is -0.353 e. The van der Waals surface area contributed by atoms with E-state index in [4.69, 9.17) is 10.6 Å². The largest absolute Gasteiger partial charge is 0.353 e. The van der Waals surface area contributed by atoms with Gasteiger partial charge in [0.15, 0.2) is 0 Å².